The van der Waals surface area contributed by atoms with E-state index in [1.54, 1.807) is 6.20 Å². The summed E-state index contributed by atoms with van der Waals surface area (Å²) in [7, 11) is 0. The number of amides is 2. The summed E-state index contributed by atoms with van der Waals surface area (Å²) in [5, 5.41) is 4.41. The van der Waals surface area contributed by atoms with Gasteiger partial charge in [0, 0.05) is 30.3 Å². The third-order valence-corrected chi connectivity index (χ3v) is 6.59. The molecular formula is C24H26N4O3. The van der Waals surface area contributed by atoms with Crippen molar-refractivity contribution in [2.45, 2.75) is 50.5 Å². The molecule has 1 saturated heterocycles. The lowest BCUT2D eigenvalue weighted by Gasteiger charge is -2.29. The van der Waals surface area contributed by atoms with Crippen molar-refractivity contribution in [3.8, 4) is 0 Å². The van der Waals surface area contributed by atoms with E-state index in [-0.39, 0.29) is 18.6 Å². The van der Waals surface area contributed by atoms with Crippen LogP contribution in [0.4, 0.5) is 4.79 Å². The lowest BCUT2D eigenvalue weighted by Crippen LogP contribution is -2.41. The van der Waals surface area contributed by atoms with Gasteiger partial charge in [-0.05, 0) is 49.7 Å². The van der Waals surface area contributed by atoms with E-state index in [9.17, 15) is 9.59 Å². The Kier molecular flexibility index (Phi) is 5.40. The van der Waals surface area contributed by atoms with Crippen LogP contribution in [0.15, 0.2) is 54.9 Å². The molecule has 1 aliphatic carbocycles. The van der Waals surface area contributed by atoms with Gasteiger partial charge in [0.25, 0.3) is 0 Å². The Balaban J connectivity index is 1.20. The highest BCUT2D eigenvalue weighted by molar-refractivity contribution is 5.93. The van der Waals surface area contributed by atoms with Gasteiger partial charge in [-0.3, -0.25) is 4.79 Å². The van der Waals surface area contributed by atoms with Crippen LogP contribution in [0.1, 0.15) is 49.3 Å². The molecule has 1 saturated carbocycles. The standard InChI is InChI=1S/C24H26N4O3/c29-23(27-20(16-31-24(27)30)14-17-4-2-1-3-5-17)15-18-6-8-19(9-7-18)21-10-12-25-22-11-13-26-28(21)22/h1-5,10-13,18-20H,6-9,14-16H2/t18?,19?,20-/m1/s1. The molecule has 0 bridgehead atoms. The van der Waals surface area contributed by atoms with E-state index in [1.807, 2.05) is 53.2 Å². The molecule has 31 heavy (non-hydrogen) atoms. The molecule has 0 radical (unpaired) electrons. The van der Waals surface area contributed by atoms with Crippen molar-refractivity contribution >= 4 is 17.6 Å². The van der Waals surface area contributed by atoms with Crippen molar-refractivity contribution in [1.82, 2.24) is 19.5 Å². The molecule has 2 aliphatic rings. The van der Waals surface area contributed by atoms with E-state index < -0.39 is 6.09 Å². The molecule has 2 aromatic heterocycles. The second kappa shape index (κ2) is 8.49. The Labute approximate surface area is 181 Å². The van der Waals surface area contributed by atoms with Crippen LogP contribution >= 0.6 is 0 Å². The third-order valence-electron chi connectivity index (χ3n) is 6.59. The van der Waals surface area contributed by atoms with Crippen LogP contribution in [-0.2, 0) is 16.0 Å². The first-order chi connectivity index (χ1) is 15.2. The summed E-state index contributed by atoms with van der Waals surface area (Å²) in [5.41, 5.74) is 3.16. The number of aromatic nitrogens is 3. The molecule has 1 atom stereocenters. The van der Waals surface area contributed by atoms with E-state index in [0.717, 1.165) is 36.9 Å². The van der Waals surface area contributed by atoms with Gasteiger partial charge < -0.3 is 4.74 Å². The highest BCUT2D eigenvalue weighted by Crippen LogP contribution is 2.37. The van der Waals surface area contributed by atoms with E-state index in [0.29, 0.717) is 24.7 Å². The van der Waals surface area contributed by atoms with Crippen LogP contribution < -0.4 is 0 Å². The fourth-order valence-corrected chi connectivity index (χ4v) is 4.97. The van der Waals surface area contributed by atoms with Crippen LogP contribution in [0.2, 0.25) is 0 Å². The molecule has 7 heteroatoms. The Morgan fingerprint density at radius 3 is 2.65 bits per heavy atom. The predicted molar refractivity (Wildman–Crippen MR) is 114 cm³/mol. The summed E-state index contributed by atoms with van der Waals surface area (Å²) in [5.74, 6) is 0.606. The number of cyclic esters (lactones) is 1. The van der Waals surface area contributed by atoms with E-state index in [2.05, 4.69) is 10.1 Å². The first-order valence-electron chi connectivity index (χ1n) is 11.0. The summed E-state index contributed by atoms with van der Waals surface area (Å²) in [6.07, 6.45) is 8.10. The maximum atomic E-state index is 13.0. The van der Waals surface area contributed by atoms with Crippen LogP contribution in [0.3, 0.4) is 0 Å². The number of carbonyl (C=O) groups is 2. The van der Waals surface area contributed by atoms with Crippen LogP contribution in [0, 0.1) is 5.92 Å². The molecule has 0 unspecified atom stereocenters. The molecule has 7 nitrogen and oxygen atoms in total. The molecule has 1 aromatic carbocycles. The van der Waals surface area contributed by atoms with Gasteiger partial charge in [-0.15, -0.1) is 0 Å². The molecule has 160 valence electrons. The van der Waals surface area contributed by atoms with Crippen molar-refractivity contribution < 1.29 is 14.3 Å². The summed E-state index contributed by atoms with van der Waals surface area (Å²) in [6, 6.07) is 13.7. The maximum Gasteiger partial charge on any atom is 0.416 e. The van der Waals surface area contributed by atoms with Crippen molar-refractivity contribution in [3.05, 3.63) is 66.1 Å². The van der Waals surface area contributed by atoms with Crippen LogP contribution in [-0.4, -0.2) is 44.1 Å². The zero-order valence-corrected chi connectivity index (χ0v) is 17.4. The van der Waals surface area contributed by atoms with Gasteiger partial charge in [-0.25, -0.2) is 19.2 Å². The summed E-state index contributed by atoms with van der Waals surface area (Å²) < 4.78 is 7.14. The molecule has 2 fully saturated rings. The summed E-state index contributed by atoms with van der Waals surface area (Å²) in [4.78, 5) is 31.0. The van der Waals surface area contributed by atoms with Gasteiger partial charge in [0.1, 0.15) is 6.61 Å². The molecule has 5 rings (SSSR count). The minimum atomic E-state index is -0.502. The highest BCUT2D eigenvalue weighted by Gasteiger charge is 2.39. The number of benzene rings is 1. The van der Waals surface area contributed by atoms with Crippen molar-refractivity contribution in [1.29, 1.82) is 0 Å². The lowest BCUT2D eigenvalue weighted by atomic mass is 9.79. The smallest absolute Gasteiger partial charge is 0.416 e. The number of carbonyl (C=O) groups excluding carboxylic acids is 2. The SMILES string of the molecule is O=C(CC1CCC(c2ccnc3ccnn23)CC1)N1C(=O)OC[C@H]1Cc1ccccc1. The lowest BCUT2D eigenvalue weighted by molar-refractivity contribution is -0.130. The zero-order valence-electron chi connectivity index (χ0n) is 17.4. The van der Waals surface area contributed by atoms with Crippen molar-refractivity contribution in [2.75, 3.05) is 6.61 Å². The Morgan fingerprint density at radius 2 is 1.84 bits per heavy atom. The van der Waals surface area contributed by atoms with Gasteiger partial charge in [0.2, 0.25) is 5.91 Å². The van der Waals surface area contributed by atoms with Crippen molar-refractivity contribution in [2.24, 2.45) is 5.92 Å². The first kappa shape index (κ1) is 19.7. The van der Waals surface area contributed by atoms with E-state index >= 15 is 0 Å². The Bertz CT molecular complexity index is 1070. The number of nitrogens with zero attached hydrogens (tertiary/aromatic N) is 4. The minimum absolute atomic E-state index is 0.106. The third kappa shape index (κ3) is 4.04. The quantitative estimate of drug-likeness (QED) is 0.626. The van der Waals surface area contributed by atoms with Crippen molar-refractivity contribution in [3.63, 3.8) is 0 Å². The number of hydrogen-bond donors (Lipinski definition) is 0. The minimum Gasteiger partial charge on any atom is -0.447 e. The Hall–Kier alpha value is -3.22. The number of fused-ring (bicyclic) bond motifs is 1. The molecule has 0 N–H and O–H groups in total. The Morgan fingerprint density at radius 1 is 1.03 bits per heavy atom. The van der Waals surface area contributed by atoms with Gasteiger partial charge in [-0.2, -0.15) is 5.10 Å². The summed E-state index contributed by atoms with van der Waals surface area (Å²) >= 11 is 0. The van der Waals surface area contributed by atoms with Gasteiger partial charge in [0.05, 0.1) is 12.2 Å². The second-order valence-electron chi connectivity index (χ2n) is 8.58. The zero-order chi connectivity index (χ0) is 21.2. The van der Waals surface area contributed by atoms with Gasteiger partial charge in [-0.1, -0.05) is 30.3 Å². The fourth-order valence-electron chi connectivity index (χ4n) is 4.97. The van der Waals surface area contributed by atoms with E-state index in [1.165, 1.54) is 10.6 Å². The highest BCUT2D eigenvalue weighted by atomic mass is 16.6. The number of rotatable bonds is 5. The average molecular weight is 418 g/mol. The average Bonchev–Trinajstić information content (AvgIpc) is 3.41. The van der Waals surface area contributed by atoms with Crippen LogP contribution in [0.25, 0.3) is 5.65 Å². The second-order valence-corrected chi connectivity index (χ2v) is 8.58. The molecule has 3 heterocycles. The topological polar surface area (TPSA) is 76.8 Å². The molecule has 2 amide bonds. The largest absolute Gasteiger partial charge is 0.447 e. The molecule has 1 aliphatic heterocycles. The van der Waals surface area contributed by atoms with Gasteiger partial charge >= 0.3 is 6.09 Å². The van der Waals surface area contributed by atoms with Gasteiger partial charge in [0.15, 0.2) is 5.65 Å². The number of ether oxygens (including phenoxy) is 1. The normalized spacial score (nSPS) is 23.8. The number of imide groups is 1. The maximum absolute atomic E-state index is 13.0. The summed E-state index contributed by atoms with van der Waals surface area (Å²) in [6.45, 7) is 0.272. The molecule has 0 spiro atoms. The first-order valence-corrected chi connectivity index (χ1v) is 11.0. The molecular weight excluding hydrogens is 392 g/mol. The van der Waals surface area contributed by atoms with E-state index in [4.69, 9.17) is 4.74 Å². The predicted octanol–water partition coefficient (Wildman–Crippen LogP) is 3.98. The number of hydrogen-bond acceptors (Lipinski definition) is 5. The van der Waals surface area contributed by atoms with Crippen LogP contribution in [0.5, 0.6) is 0 Å². The monoisotopic (exact) mass is 418 g/mol. The molecule has 3 aromatic rings. The fraction of sp³-hybridized carbons (Fsp3) is 0.417.